The number of amides is 1. The third-order valence-corrected chi connectivity index (χ3v) is 3.52. The Bertz CT molecular complexity index is 451. The van der Waals surface area contributed by atoms with E-state index in [-0.39, 0.29) is 11.9 Å². The lowest BCUT2D eigenvalue weighted by atomic mass is 10.0. The van der Waals surface area contributed by atoms with Gasteiger partial charge in [-0.1, -0.05) is 6.92 Å². The highest BCUT2D eigenvalue weighted by Gasteiger charge is 2.29. The molecular formula is C14H23N5O. The summed E-state index contributed by atoms with van der Waals surface area (Å²) in [6, 6.07) is 1.75. The second kappa shape index (κ2) is 7.07. The van der Waals surface area contributed by atoms with Gasteiger partial charge in [-0.2, -0.15) is 4.98 Å². The van der Waals surface area contributed by atoms with Crippen LogP contribution in [0.3, 0.4) is 0 Å². The van der Waals surface area contributed by atoms with Crippen LogP contribution in [0.2, 0.25) is 0 Å². The number of rotatable bonds is 5. The van der Waals surface area contributed by atoms with E-state index < -0.39 is 0 Å². The largest absolute Gasteiger partial charge is 0.357 e. The first kappa shape index (κ1) is 14.6. The molecule has 0 spiro atoms. The Morgan fingerprint density at radius 3 is 3.10 bits per heavy atom. The summed E-state index contributed by atoms with van der Waals surface area (Å²) in [4.78, 5) is 22.8. The highest BCUT2D eigenvalue weighted by atomic mass is 16.2. The van der Waals surface area contributed by atoms with Crippen molar-refractivity contribution in [1.29, 1.82) is 0 Å². The molecular weight excluding hydrogens is 254 g/mol. The van der Waals surface area contributed by atoms with Crippen molar-refractivity contribution in [3.63, 3.8) is 0 Å². The molecule has 1 atom stereocenters. The smallest absolute Gasteiger partial charge is 0.242 e. The highest BCUT2D eigenvalue weighted by Crippen LogP contribution is 2.23. The molecule has 0 aliphatic carbocycles. The number of hydrogen-bond acceptors (Lipinski definition) is 5. The van der Waals surface area contributed by atoms with Gasteiger partial charge >= 0.3 is 0 Å². The van der Waals surface area contributed by atoms with Crippen LogP contribution in [-0.4, -0.2) is 42.1 Å². The number of likely N-dealkylation sites (N-methyl/N-ethyl adjacent to an activating group) is 1. The first-order chi connectivity index (χ1) is 9.76. The van der Waals surface area contributed by atoms with Crippen LogP contribution >= 0.6 is 0 Å². The predicted molar refractivity (Wildman–Crippen MR) is 79.9 cm³/mol. The summed E-state index contributed by atoms with van der Waals surface area (Å²) in [5.41, 5.74) is 0. The van der Waals surface area contributed by atoms with Crippen molar-refractivity contribution in [2.45, 2.75) is 38.6 Å². The molecule has 1 aromatic rings. The fraction of sp³-hybridized carbons (Fsp3) is 0.643. The van der Waals surface area contributed by atoms with Crippen molar-refractivity contribution < 1.29 is 4.79 Å². The average molecular weight is 277 g/mol. The topological polar surface area (TPSA) is 70.2 Å². The van der Waals surface area contributed by atoms with Crippen LogP contribution < -0.4 is 15.5 Å². The number of carbonyl (C=O) groups excluding carboxylic acids is 1. The molecule has 1 saturated heterocycles. The fourth-order valence-electron chi connectivity index (χ4n) is 2.48. The third kappa shape index (κ3) is 3.37. The molecule has 1 aromatic heterocycles. The number of carbonyl (C=O) groups is 1. The molecule has 2 heterocycles. The van der Waals surface area contributed by atoms with E-state index in [1.807, 2.05) is 6.07 Å². The maximum atomic E-state index is 12.0. The van der Waals surface area contributed by atoms with E-state index in [9.17, 15) is 4.79 Å². The van der Waals surface area contributed by atoms with Crippen molar-refractivity contribution in [2.75, 3.05) is 30.4 Å². The molecule has 0 radical (unpaired) electrons. The Labute approximate surface area is 120 Å². The molecule has 6 heteroatoms. The molecule has 20 heavy (non-hydrogen) atoms. The Balaban J connectivity index is 2.16. The molecule has 1 aliphatic rings. The van der Waals surface area contributed by atoms with Gasteiger partial charge in [0.1, 0.15) is 11.9 Å². The molecule has 1 unspecified atom stereocenters. The number of nitrogens with zero attached hydrogens (tertiary/aromatic N) is 3. The van der Waals surface area contributed by atoms with Crippen molar-refractivity contribution >= 4 is 17.7 Å². The quantitative estimate of drug-likeness (QED) is 0.851. The molecule has 0 saturated carbocycles. The van der Waals surface area contributed by atoms with Gasteiger partial charge in [0.15, 0.2) is 0 Å². The van der Waals surface area contributed by atoms with Gasteiger partial charge in [-0.05, 0) is 31.7 Å². The second-order valence-corrected chi connectivity index (χ2v) is 4.98. The fourth-order valence-corrected chi connectivity index (χ4v) is 2.48. The standard InChI is InChI=1S/C14H23N5O/c1-3-8-16-14-17-9-7-12(18-14)19-10-5-4-6-11(19)13(20)15-2/h7,9,11H,3-6,8,10H2,1-2H3,(H,15,20)(H,16,17,18). The summed E-state index contributed by atoms with van der Waals surface area (Å²) in [7, 11) is 1.68. The maximum Gasteiger partial charge on any atom is 0.242 e. The molecule has 2 N–H and O–H groups in total. The summed E-state index contributed by atoms with van der Waals surface area (Å²) in [5.74, 6) is 1.52. The minimum atomic E-state index is -0.123. The minimum Gasteiger partial charge on any atom is -0.357 e. The van der Waals surface area contributed by atoms with Crippen LogP contribution in [0.5, 0.6) is 0 Å². The number of nitrogens with one attached hydrogen (secondary N) is 2. The summed E-state index contributed by atoms with van der Waals surface area (Å²) in [5, 5.41) is 5.93. The van der Waals surface area contributed by atoms with Crippen LogP contribution in [0.15, 0.2) is 12.3 Å². The van der Waals surface area contributed by atoms with E-state index in [1.54, 1.807) is 13.2 Å². The van der Waals surface area contributed by atoms with Gasteiger partial charge in [0.25, 0.3) is 0 Å². The van der Waals surface area contributed by atoms with E-state index >= 15 is 0 Å². The zero-order valence-corrected chi connectivity index (χ0v) is 12.2. The Kier molecular flexibility index (Phi) is 5.15. The maximum absolute atomic E-state index is 12.0. The number of aromatic nitrogens is 2. The zero-order valence-electron chi connectivity index (χ0n) is 12.2. The van der Waals surface area contributed by atoms with E-state index in [0.717, 1.165) is 44.6 Å². The Morgan fingerprint density at radius 1 is 1.50 bits per heavy atom. The molecule has 0 aromatic carbocycles. The average Bonchev–Trinajstić information content (AvgIpc) is 2.52. The molecule has 1 aliphatic heterocycles. The lowest BCUT2D eigenvalue weighted by Gasteiger charge is -2.35. The van der Waals surface area contributed by atoms with E-state index in [1.165, 1.54) is 0 Å². The normalized spacial score (nSPS) is 18.7. The first-order valence-corrected chi connectivity index (χ1v) is 7.31. The summed E-state index contributed by atoms with van der Waals surface area (Å²) >= 11 is 0. The third-order valence-electron chi connectivity index (χ3n) is 3.52. The molecule has 110 valence electrons. The lowest BCUT2D eigenvalue weighted by Crippen LogP contribution is -2.49. The SMILES string of the molecule is CCCNc1nccc(N2CCCCC2C(=O)NC)n1. The van der Waals surface area contributed by atoms with Crippen LogP contribution in [0, 0.1) is 0 Å². The van der Waals surface area contributed by atoms with E-state index in [0.29, 0.717) is 5.95 Å². The van der Waals surface area contributed by atoms with Crippen molar-refractivity contribution in [1.82, 2.24) is 15.3 Å². The van der Waals surface area contributed by atoms with Gasteiger partial charge in [0, 0.05) is 26.3 Å². The minimum absolute atomic E-state index is 0.0615. The molecule has 1 amide bonds. The van der Waals surface area contributed by atoms with E-state index in [2.05, 4.69) is 32.4 Å². The predicted octanol–water partition coefficient (Wildman–Crippen LogP) is 1.40. The van der Waals surface area contributed by atoms with Crippen LogP contribution in [0.4, 0.5) is 11.8 Å². The summed E-state index contributed by atoms with van der Waals surface area (Å²) in [6.07, 6.45) is 5.82. The zero-order chi connectivity index (χ0) is 14.4. The number of anilines is 2. The monoisotopic (exact) mass is 277 g/mol. The van der Waals surface area contributed by atoms with Crippen molar-refractivity contribution in [3.05, 3.63) is 12.3 Å². The Morgan fingerprint density at radius 2 is 2.35 bits per heavy atom. The van der Waals surface area contributed by atoms with Crippen molar-refractivity contribution in [3.8, 4) is 0 Å². The second-order valence-electron chi connectivity index (χ2n) is 4.98. The van der Waals surface area contributed by atoms with Gasteiger partial charge in [-0.25, -0.2) is 4.98 Å². The van der Waals surface area contributed by atoms with Crippen LogP contribution in [0.25, 0.3) is 0 Å². The van der Waals surface area contributed by atoms with Crippen LogP contribution in [0.1, 0.15) is 32.6 Å². The van der Waals surface area contributed by atoms with Gasteiger partial charge < -0.3 is 15.5 Å². The summed E-state index contributed by atoms with van der Waals surface area (Å²) < 4.78 is 0. The molecule has 1 fully saturated rings. The highest BCUT2D eigenvalue weighted by molar-refractivity contribution is 5.84. The van der Waals surface area contributed by atoms with Gasteiger partial charge in [0.05, 0.1) is 0 Å². The van der Waals surface area contributed by atoms with Crippen molar-refractivity contribution in [2.24, 2.45) is 0 Å². The van der Waals surface area contributed by atoms with E-state index in [4.69, 9.17) is 0 Å². The number of hydrogen-bond donors (Lipinski definition) is 2. The van der Waals surface area contributed by atoms with Gasteiger partial charge in [0.2, 0.25) is 11.9 Å². The molecule has 6 nitrogen and oxygen atoms in total. The lowest BCUT2D eigenvalue weighted by molar-refractivity contribution is -0.122. The van der Waals surface area contributed by atoms with Gasteiger partial charge in [-0.15, -0.1) is 0 Å². The van der Waals surface area contributed by atoms with Crippen LogP contribution in [-0.2, 0) is 4.79 Å². The first-order valence-electron chi connectivity index (χ1n) is 7.31. The molecule has 2 rings (SSSR count). The molecule has 0 bridgehead atoms. The summed E-state index contributed by atoms with van der Waals surface area (Å²) in [6.45, 7) is 3.81. The number of piperidine rings is 1. The van der Waals surface area contributed by atoms with Gasteiger partial charge in [-0.3, -0.25) is 4.79 Å². The Hall–Kier alpha value is -1.85.